The molecule has 0 saturated carbocycles. The number of aromatic amines is 1. The van der Waals surface area contributed by atoms with E-state index in [1.165, 1.54) is 6.07 Å². The summed E-state index contributed by atoms with van der Waals surface area (Å²) in [6, 6.07) is 3.79. The fourth-order valence-electron chi connectivity index (χ4n) is 1.59. The molecule has 2 aromatic rings. The highest BCUT2D eigenvalue weighted by atomic mass is 19.3. The van der Waals surface area contributed by atoms with Crippen molar-refractivity contribution in [3.63, 3.8) is 0 Å². The molecule has 0 atom stereocenters. The number of hydrogen-bond donors (Lipinski definition) is 2. The van der Waals surface area contributed by atoms with E-state index in [9.17, 15) is 13.6 Å². The number of benzene rings is 1. The number of aromatic nitrogens is 1. The van der Waals surface area contributed by atoms with E-state index < -0.39 is 17.5 Å². The molecule has 0 aliphatic carbocycles. The molecule has 1 heterocycles. The van der Waals surface area contributed by atoms with Crippen molar-refractivity contribution in [2.24, 2.45) is 0 Å². The summed E-state index contributed by atoms with van der Waals surface area (Å²) in [6.07, 6.45) is 1.69. The summed E-state index contributed by atoms with van der Waals surface area (Å²) >= 11 is 0. The molecule has 3 nitrogen and oxygen atoms in total. The maximum absolute atomic E-state index is 13.2. The number of rotatable bonds is 2. The van der Waals surface area contributed by atoms with Crippen molar-refractivity contribution in [3.05, 3.63) is 35.5 Å². The van der Waals surface area contributed by atoms with Crippen LogP contribution in [0.25, 0.3) is 10.9 Å². The summed E-state index contributed by atoms with van der Waals surface area (Å²) < 4.78 is 26.4. The van der Waals surface area contributed by atoms with Crippen molar-refractivity contribution < 1.29 is 18.7 Å². The van der Waals surface area contributed by atoms with Gasteiger partial charge in [0.15, 0.2) is 0 Å². The highest BCUT2D eigenvalue weighted by Crippen LogP contribution is 2.30. The van der Waals surface area contributed by atoms with E-state index in [-0.39, 0.29) is 0 Å². The second-order valence-corrected chi connectivity index (χ2v) is 3.61. The molecule has 0 fully saturated rings. The second-order valence-electron chi connectivity index (χ2n) is 3.61. The molecule has 84 valence electrons. The van der Waals surface area contributed by atoms with Gasteiger partial charge in [0, 0.05) is 22.7 Å². The number of carbonyl (C=O) groups is 1. The van der Waals surface area contributed by atoms with E-state index in [1.54, 1.807) is 6.20 Å². The number of aryl methyl sites for hydroxylation is 1. The molecule has 0 bridgehead atoms. The van der Waals surface area contributed by atoms with Crippen molar-refractivity contribution in [2.75, 3.05) is 0 Å². The van der Waals surface area contributed by atoms with Crippen molar-refractivity contribution in [2.45, 2.75) is 12.8 Å². The van der Waals surface area contributed by atoms with Crippen LogP contribution in [0.2, 0.25) is 0 Å². The number of carboxylic acids is 1. The number of halogens is 2. The molecule has 0 aliphatic heterocycles. The van der Waals surface area contributed by atoms with Gasteiger partial charge in [-0.25, -0.2) is 4.79 Å². The normalized spacial score (nSPS) is 11.9. The first-order valence-electron chi connectivity index (χ1n) is 4.62. The highest BCUT2D eigenvalue weighted by molar-refractivity contribution is 5.86. The van der Waals surface area contributed by atoms with E-state index in [2.05, 4.69) is 4.98 Å². The Balaban J connectivity index is 2.59. The number of nitrogens with one attached hydrogen (secondary N) is 1. The molecule has 0 saturated heterocycles. The van der Waals surface area contributed by atoms with E-state index in [1.807, 2.05) is 6.92 Å². The summed E-state index contributed by atoms with van der Waals surface area (Å²) in [5, 5.41) is 9.22. The Morgan fingerprint density at radius 3 is 2.75 bits per heavy atom. The molecule has 0 spiro atoms. The van der Waals surface area contributed by atoms with Crippen LogP contribution < -0.4 is 0 Å². The van der Waals surface area contributed by atoms with Crippen molar-refractivity contribution >= 4 is 16.9 Å². The van der Waals surface area contributed by atoms with Crippen LogP contribution in [0.5, 0.6) is 0 Å². The van der Waals surface area contributed by atoms with Crippen LogP contribution in [-0.4, -0.2) is 16.1 Å². The molecule has 16 heavy (non-hydrogen) atoms. The average molecular weight is 225 g/mol. The van der Waals surface area contributed by atoms with Crippen molar-refractivity contribution in [1.29, 1.82) is 0 Å². The Morgan fingerprint density at radius 2 is 2.12 bits per heavy atom. The molecule has 5 heteroatoms. The number of alkyl halides is 2. The fourth-order valence-corrected chi connectivity index (χ4v) is 1.59. The minimum atomic E-state index is -3.85. The van der Waals surface area contributed by atoms with Gasteiger partial charge in [-0.2, -0.15) is 8.78 Å². The average Bonchev–Trinajstić information content (AvgIpc) is 2.60. The minimum Gasteiger partial charge on any atom is -0.477 e. The molecular weight excluding hydrogens is 216 g/mol. The van der Waals surface area contributed by atoms with Gasteiger partial charge in [0.25, 0.3) is 0 Å². The summed E-state index contributed by atoms with van der Waals surface area (Å²) in [4.78, 5) is 13.2. The maximum atomic E-state index is 13.2. The van der Waals surface area contributed by atoms with Crippen LogP contribution >= 0.6 is 0 Å². The van der Waals surface area contributed by atoms with Crippen LogP contribution in [0.4, 0.5) is 8.78 Å². The third kappa shape index (κ3) is 1.44. The number of fused-ring (bicyclic) bond motifs is 1. The Labute approximate surface area is 89.7 Å². The molecular formula is C11H9F2NO2. The maximum Gasteiger partial charge on any atom is 0.379 e. The van der Waals surface area contributed by atoms with Gasteiger partial charge in [-0.15, -0.1) is 0 Å². The van der Waals surface area contributed by atoms with Gasteiger partial charge in [-0.05, 0) is 18.6 Å². The Hall–Kier alpha value is -1.91. The van der Waals surface area contributed by atoms with Gasteiger partial charge in [0.1, 0.15) is 0 Å². The van der Waals surface area contributed by atoms with Crippen LogP contribution in [0.15, 0.2) is 24.4 Å². The molecule has 0 radical (unpaired) electrons. The topological polar surface area (TPSA) is 53.1 Å². The lowest BCUT2D eigenvalue weighted by atomic mass is 10.1. The van der Waals surface area contributed by atoms with Crippen LogP contribution in [-0.2, 0) is 10.7 Å². The molecule has 0 amide bonds. The first-order valence-corrected chi connectivity index (χ1v) is 4.62. The Morgan fingerprint density at radius 1 is 1.44 bits per heavy atom. The predicted molar refractivity (Wildman–Crippen MR) is 54.6 cm³/mol. The van der Waals surface area contributed by atoms with Crippen molar-refractivity contribution in [3.8, 4) is 0 Å². The third-order valence-electron chi connectivity index (χ3n) is 2.52. The monoisotopic (exact) mass is 225 g/mol. The summed E-state index contributed by atoms with van der Waals surface area (Å²) in [7, 11) is 0. The first-order chi connectivity index (χ1) is 7.43. The van der Waals surface area contributed by atoms with Gasteiger partial charge in [-0.1, -0.05) is 12.1 Å². The number of carboxylic acid groups (broad SMARTS) is 1. The number of hydrogen-bond acceptors (Lipinski definition) is 1. The van der Waals surface area contributed by atoms with Gasteiger partial charge in [-0.3, -0.25) is 0 Å². The van der Waals surface area contributed by atoms with Gasteiger partial charge < -0.3 is 10.1 Å². The molecule has 1 aromatic heterocycles. The second kappa shape index (κ2) is 3.30. The minimum absolute atomic E-state index is 0.510. The lowest BCUT2D eigenvalue weighted by Crippen LogP contribution is -2.25. The summed E-state index contributed by atoms with van der Waals surface area (Å²) in [5.74, 6) is -6.00. The standard InChI is InChI=1S/C11H9F2NO2/c1-6-5-14-9-4-7(2-3-8(6)9)11(12,13)10(15)16/h2-5,14H,1H3,(H,15,16). The fraction of sp³-hybridized carbons (Fsp3) is 0.182. The summed E-state index contributed by atoms with van der Waals surface area (Å²) in [5.41, 5.74) is 0.922. The lowest BCUT2D eigenvalue weighted by molar-refractivity contribution is -0.166. The SMILES string of the molecule is Cc1c[nH]c2cc(C(F)(F)C(=O)O)ccc12. The highest BCUT2D eigenvalue weighted by Gasteiger charge is 2.41. The smallest absolute Gasteiger partial charge is 0.379 e. The van der Waals surface area contributed by atoms with Gasteiger partial charge >= 0.3 is 11.9 Å². The third-order valence-corrected chi connectivity index (χ3v) is 2.52. The summed E-state index contributed by atoms with van der Waals surface area (Å²) in [6.45, 7) is 1.84. The van der Waals surface area contributed by atoms with E-state index >= 15 is 0 Å². The van der Waals surface area contributed by atoms with Crippen LogP contribution in [0.3, 0.4) is 0 Å². The molecule has 0 aliphatic rings. The Bertz CT molecular complexity index is 560. The lowest BCUT2D eigenvalue weighted by Gasteiger charge is -2.11. The van der Waals surface area contributed by atoms with Crippen molar-refractivity contribution in [1.82, 2.24) is 4.98 Å². The first kappa shape index (κ1) is 10.6. The van der Waals surface area contributed by atoms with E-state index in [4.69, 9.17) is 5.11 Å². The zero-order valence-electron chi connectivity index (χ0n) is 8.42. The zero-order chi connectivity index (χ0) is 11.9. The van der Waals surface area contributed by atoms with E-state index in [0.29, 0.717) is 5.52 Å². The number of H-pyrrole nitrogens is 1. The largest absolute Gasteiger partial charge is 0.477 e. The van der Waals surface area contributed by atoms with Crippen LogP contribution in [0, 0.1) is 6.92 Å². The molecule has 0 unspecified atom stereocenters. The predicted octanol–water partition coefficient (Wildman–Crippen LogP) is 2.65. The molecule has 2 rings (SSSR count). The number of aliphatic carboxylic acids is 1. The van der Waals surface area contributed by atoms with Gasteiger partial charge in [0.2, 0.25) is 0 Å². The molecule has 2 N–H and O–H groups in total. The van der Waals surface area contributed by atoms with Crippen LogP contribution in [0.1, 0.15) is 11.1 Å². The molecule has 1 aromatic carbocycles. The zero-order valence-corrected chi connectivity index (χ0v) is 8.42. The quantitative estimate of drug-likeness (QED) is 0.825. The van der Waals surface area contributed by atoms with E-state index in [0.717, 1.165) is 23.1 Å². The van der Waals surface area contributed by atoms with Gasteiger partial charge in [0.05, 0.1) is 0 Å². The Kier molecular flexibility index (Phi) is 2.18.